The minimum Gasteiger partial charge on any atom is -0.317 e. The lowest BCUT2D eigenvalue weighted by Gasteiger charge is -2.10. The Morgan fingerprint density at radius 3 is 2.54 bits per heavy atom. The SMILES string of the molecule is Cc1ccc(-n2cccc2C=C(C#N)c2ccccc2Cl)cc1C. The van der Waals surface area contributed by atoms with Gasteiger partial charge in [0.25, 0.3) is 0 Å². The Labute approximate surface area is 147 Å². The zero-order chi connectivity index (χ0) is 17.1. The van der Waals surface area contributed by atoms with Crippen LogP contribution in [0.4, 0.5) is 0 Å². The standard InChI is InChI=1S/C21H17ClN2/c1-15-9-10-19(12-16(15)2)24-11-5-6-18(24)13-17(14-23)20-7-3-4-8-21(20)22/h3-13H,1-2H3. The predicted molar refractivity (Wildman–Crippen MR) is 100 cm³/mol. The molecule has 0 bridgehead atoms. The van der Waals surface area contributed by atoms with Gasteiger partial charge < -0.3 is 4.57 Å². The zero-order valence-electron chi connectivity index (χ0n) is 13.6. The third-order valence-electron chi connectivity index (χ3n) is 4.13. The quantitative estimate of drug-likeness (QED) is 0.556. The first-order chi connectivity index (χ1) is 11.6. The lowest BCUT2D eigenvalue weighted by Crippen LogP contribution is -1.96. The fourth-order valence-corrected chi connectivity index (χ4v) is 2.86. The molecule has 118 valence electrons. The molecule has 0 amide bonds. The largest absolute Gasteiger partial charge is 0.317 e. The molecule has 2 aromatic carbocycles. The maximum absolute atomic E-state index is 9.56. The second kappa shape index (κ2) is 6.78. The number of nitrogens with zero attached hydrogens (tertiary/aromatic N) is 2. The number of aryl methyl sites for hydroxylation is 2. The molecule has 2 nitrogen and oxygen atoms in total. The zero-order valence-corrected chi connectivity index (χ0v) is 14.4. The van der Waals surface area contributed by atoms with Crippen LogP contribution in [0.3, 0.4) is 0 Å². The number of hydrogen-bond donors (Lipinski definition) is 0. The van der Waals surface area contributed by atoms with Crippen LogP contribution in [0.2, 0.25) is 5.02 Å². The molecule has 1 heterocycles. The maximum atomic E-state index is 9.56. The van der Waals surface area contributed by atoms with E-state index < -0.39 is 0 Å². The van der Waals surface area contributed by atoms with E-state index in [0.717, 1.165) is 16.9 Å². The molecule has 0 unspecified atom stereocenters. The molecule has 0 aliphatic rings. The minimum atomic E-state index is 0.546. The normalized spacial score (nSPS) is 11.3. The highest BCUT2D eigenvalue weighted by Crippen LogP contribution is 2.26. The van der Waals surface area contributed by atoms with E-state index in [1.54, 1.807) is 6.07 Å². The van der Waals surface area contributed by atoms with E-state index in [4.69, 9.17) is 11.6 Å². The third-order valence-corrected chi connectivity index (χ3v) is 4.46. The monoisotopic (exact) mass is 332 g/mol. The molecule has 0 N–H and O–H groups in total. The van der Waals surface area contributed by atoms with Gasteiger partial charge in [0.2, 0.25) is 0 Å². The molecular formula is C21H17ClN2. The van der Waals surface area contributed by atoms with Gasteiger partial charge in [0.15, 0.2) is 0 Å². The van der Waals surface area contributed by atoms with Crippen molar-refractivity contribution in [1.29, 1.82) is 5.26 Å². The van der Waals surface area contributed by atoms with Crippen LogP contribution in [0.25, 0.3) is 17.3 Å². The molecule has 3 rings (SSSR count). The maximum Gasteiger partial charge on any atom is 0.0999 e. The van der Waals surface area contributed by atoms with Crippen LogP contribution in [0.5, 0.6) is 0 Å². The summed E-state index contributed by atoms with van der Waals surface area (Å²) in [6.07, 6.45) is 3.87. The van der Waals surface area contributed by atoms with Gasteiger partial charge in [0, 0.05) is 28.2 Å². The Hall–Kier alpha value is -2.76. The van der Waals surface area contributed by atoms with Gasteiger partial charge in [-0.25, -0.2) is 0 Å². The van der Waals surface area contributed by atoms with Crippen LogP contribution < -0.4 is 0 Å². The van der Waals surface area contributed by atoms with E-state index in [-0.39, 0.29) is 0 Å². The lowest BCUT2D eigenvalue weighted by atomic mass is 10.1. The molecule has 0 saturated heterocycles. The van der Waals surface area contributed by atoms with Gasteiger partial charge >= 0.3 is 0 Å². The van der Waals surface area contributed by atoms with E-state index >= 15 is 0 Å². The van der Waals surface area contributed by atoms with Crippen LogP contribution in [0.1, 0.15) is 22.4 Å². The van der Waals surface area contributed by atoms with Crippen LogP contribution >= 0.6 is 11.6 Å². The molecule has 0 aliphatic carbocycles. The summed E-state index contributed by atoms with van der Waals surface area (Å²) in [5, 5.41) is 10.1. The minimum absolute atomic E-state index is 0.546. The number of aromatic nitrogens is 1. The van der Waals surface area contributed by atoms with Gasteiger partial charge in [0.1, 0.15) is 0 Å². The Bertz CT molecular complexity index is 958. The van der Waals surface area contributed by atoms with Gasteiger partial charge in [0.05, 0.1) is 11.6 Å². The average molecular weight is 333 g/mol. The van der Waals surface area contributed by atoms with Crippen molar-refractivity contribution in [3.05, 3.63) is 88.2 Å². The van der Waals surface area contributed by atoms with Crippen molar-refractivity contribution in [2.24, 2.45) is 0 Å². The molecule has 0 fully saturated rings. The summed E-state index contributed by atoms with van der Waals surface area (Å²) in [5.41, 5.74) is 5.80. The molecule has 3 heteroatoms. The van der Waals surface area contributed by atoms with Gasteiger partial charge in [-0.15, -0.1) is 0 Å². The number of halogens is 1. The van der Waals surface area contributed by atoms with Crippen LogP contribution in [-0.2, 0) is 0 Å². The summed E-state index contributed by atoms with van der Waals surface area (Å²) in [6, 6.07) is 20.0. The first-order valence-corrected chi connectivity index (χ1v) is 8.09. The van der Waals surface area contributed by atoms with E-state index in [9.17, 15) is 5.26 Å². The summed E-state index contributed by atoms with van der Waals surface area (Å²) >= 11 is 6.23. The predicted octanol–water partition coefficient (Wildman–Crippen LogP) is 5.81. The molecule has 0 atom stereocenters. The van der Waals surface area contributed by atoms with Crippen LogP contribution in [0.15, 0.2) is 60.8 Å². The average Bonchev–Trinajstić information content (AvgIpc) is 3.04. The van der Waals surface area contributed by atoms with Gasteiger partial charge in [-0.2, -0.15) is 5.26 Å². The van der Waals surface area contributed by atoms with Crippen LogP contribution in [0, 0.1) is 25.2 Å². The number of rotatable bonds is 3. The molecule has 1 aromatic heterocycles. The molecule has 0 spiro atoms. The van der Waals surface area contributed by atoms with E-state index in [1.807, 2.05) is 42.6 Å². The topological polar surface area (TPSA) is 28.7 Å². The van der Waals surface area contributed by atoms with Gasteiger partial charge in [-0.1, -0.05) is 35.9 Å². The Kier molecular flexibility index (Phi) is 4.55. The Morgan fingerprint density at radius 2 is 1.83 bits per heavy atom. The lowest BCUT2D eigenvalue weighted by molar-refractivity contribution is 1.05. The molecule has 3 aromatic rings. The van der Waals surface area contributed by atoms with Crippen molar-refractivity contribution in [2.45, 2.75) is 13.8 Å². The van der Waals surface area contributed by atoms with E-state index in [0.29, 0.717) is 10.6 Å². The number of hydrogen-bond acceptors (Lipinski definition) is 1. The summed E-state index contributed by atoms with van der Waals surface area (Å²) in [4.78, 5) is 0. The highest BCUT2D eigenvalue weighted by atomic mass is 35.5. The summed E-state index contributed by atoms with van der Waals surface area (Å²) in [6.45, 7) is 4.20. The van der Waals surface area contributed by atoms with Crippen molar-refractivity contribution < 1.29 is 0 Å². The first-order valence-electron chi connectivity index (χ1n) is 7.72. The van der Waals surface area contributed by atoms with Crippen molar-refractivity contribution >= 4 is 23.3 Å². The van der Waals surface area contributed by atoms with Crippen LogP contribution in [-0.4, -0.2) is 4.57 Å². The fourth-order valence-electron chi connectivity index (χ4n) is 2.62. The number of nitriles is 1. The number of allylic oxidation sites excluding steroid dienone is 1. The summed E-state index contributed by atoms with van der Waals surface area (Å²) in [7, 11) is 0. The molecule has 0 radical (unpaired) electrons. The molecular weight excluding hydrogens is 316 g/mol. The Morgan fingerprint density at radius 1 is 1.04 bits per heavy atom. The van der Waals surface area contributed by atoms with E-state index in [1.165, 1.54) is 11.1 Å². The van der Waals surface area contributed by atoms with Gasteiger partial charge in [-0.3, -0.25) is 0 Å². The van der Waals surface area contributed by atoms with Crippen molar-refractivity contribution in [1.82, 2.24) is 4.57 Å². The smallest absolute Gasteiger partial charge is 0.0999 e. The second-order valence-corrected chi connectivity index (χ2v) is 6.13. The summed E-state index contributed by atoms with van der Waals surface area (Å²) in [5.74, 6) is 0. The summed E-state index contributed by atoms with van der Waals surface area (Å²) < 4.78 is 2.07. The number of benzene rings is 2. The Balaban J connectivity index is 2.08. The van der Waals surface area contributed by atoms with Crippen molar-refractivity contribution in [3.63, 3.8) is 0 Å². The highest BCUT2D eigenvalue weighted by molar-refractivity contribution is 6.32. The molecule has 0 aliphatic heterocycles. The van der Waals surface area contributed by atoms with E-state index in [2.05, 4.69) is 42.7 Å². The van der Waals surface area contributed by atoms with Gasteiger partial charge in [-0.05, 0) is 61.4 Å². The molecule has 0 saturated carbocycles. The fraction of sp³-hybridized carbons (Fsp3) is 0.0952. The third kappa shape index (κ3) is 3.13. The molecule has 24 heavy (non-hydrogen) atoms. The van der Waals surface area contributed by atoms with Crippen molar-refractivity contribution in [2.75, 3.05) is 0 Å². The highest BCUT2D eigenvalue weighted by Gasteiger charge is 2.08. The second-order valence-electron chi connectivity index (χ2n) is 5.72. The first kappa shape index (κ1) is 16.1. The van der Waals surface area contributed by atoms with Crippen molar-refractivity contribution in [3.8, 4) is 11.8 Å².